The number of carbonyl (C=O) groups is 2. The number of para-hydroxylation sites is 1. The van der Waals surface area contributed by atoms with Gasteiger partial charge >= 0.3 is 0 Å². The van der Waals surface area contributed by atoms with Crippen molar-refractivity contribution < 1.29 is 9.59 Å². The molecule has 51 heavy (non-hydrogen) atoms. The van der Waals surface area contributed by atoms with Crippen LogP contribution in [-0.4, -0.2) is 104 Å². The second-order valence-corrected chi connectivity index (χ2v) is 14.6. The highest BCUT2D eigenvalue weighted by Gasteiger charge is 2.37. The van der Waals surface area contributed by atoms with Gasteiger partial charge in [-0.3, -0.25) is 14.3 Å². The summed E-state index contributed by atoms with van der Waals surface area (Å²) in [5.41, 5.74) is 1.70. The number of hydrogen-bond acceptors (Lipinski definition) is 10. The number of nitrogens with one attached hydrogen (secondary N) is 4. The number of amides is 2. The van der Waals surface area contributed by atoms with Gasteiger partial charge in [0, 0.05) is 50.1 Å². The summed E-state index contributed by atoms with van der Waals surface area (Å²) in [6, 6.07) is 8.65. The summed E-state index contributed by atoms with van der Waals surface area (Å²) in [4.78, 5) is 39.7. The van der Waals surface area contributed by atoms with Crippen LogP contribution in [0, 0.1) is 0 Å². The maximum atomic E-state index is 13.5. The van der Waals surface area contributed by atoms with Gasteiger partial charge in [0.05, 0.1) is 18.3 Å². The molecule has 1 aromatic carbocycles. The highest BCUT2D eigenvalue weighted by Crippen LogP contribution is 2.27. The Bertz CT molecular complexity index is 1530. The van der Waals surface area contributed by atoms with Crippen molar-refractivity contribution in [1.29, 1.82) is 0 Å². The molecule has 0 spiro atoms. The van der Waals surface area contributed by atoms with Gasteiger partial charge in [0.15, 0.2) is 0 Å². The van der Waals surface area contributed by atoms with Gasteiger partial charge < -0.3 is 31.1 Å². The molecule has 13 heteroatoms. The number of nitrogens with zero attached hydrogens (tertiary/aromatic N) is 7. The predicted molar refractivity (Wildman–Crippen MR) is 201 cm³/mol. The summed E-state index contributed by atoms with van der Waals surface area (Å²) in [7, 11) is 0. The first-order valence-corrected chi connectivity index (χ1v) is 19.8. The second kappa shape index (κ2) is 19.1. The fourth-order valence-electron chi connectivity index (χ4n) is 7.72. The molecule has 1 saturated carbocycles. The van der Waals surface area contributed by atoms with E-state index in [9.17, 15) is 9.59 Å². The number of unbranched alkanes of at least 4 members (excludes halogenated alkanes) is 1. The summed E-state index contributed by atoms with van der Waals surface area (Å²) < 4.78 is 1.91. The van der Waals surface area contributed by atoms with Crippen LogP contribution < -0.4 is 21.3 Å². The molecule has 2 aromatic heterocycles. The molecule has 3 aromatic rings. The van der Waals surface area contributed by atoms with Gasteiger partial charge in [-0.05, 0) is 89.6 Å². The third-order valence-electron chi connectivity index (χ3n) is 10.7. The molecule has 4 heterocycles. The lowest BCUT2D eigenvalue weighted by molar-refractivity contribution is -0.144. The minimum Gasteiger partial charge on any atom is -0.367 e. The summed E-state index contributed by atoms with van der Waals surface area (Å²) in [5.74, 6) is 1.56. The molecule has 2 amide bonds. The fourth-order valence-corrected chi connectivity index (χ4v) is 7.72. The summed E-state index contributed by atoms with van der Waals surface area (Å²) in [5, 5.41) is 24.0. The molecule has 278 valence electrons. The number of piperidine rings is 1. The van der Waals surface area contributed by atoms with Crippen LogP contribution in [0.2, 0.25) is 0 Å². The van der Waals surface area contributed by atoms with E-state index in [2.05, 4.69) is 38.5 Å². The molecule has 2 aliphatic heterocycles. The van der Waals surface area contributed by atoms with Crippen LogP contribution in [-0.2, 0) is 22.7 Å². The van der Waals surface area contributed by atoms with Crippen molar-refractivity contribution in [3.05, 3.63) is 36.2 Å². The average Bonchev–Trinajstić information content (AvgIpc) is 3.85. The molecule has 3 fully saturated rings. The summed E-state index contributed by atoms with van der Waals surface area (Å²) >= 11 is 0. The standard InChI is InChI=1S/C38H59N11O2/c1-2-3-17-35(50)49-24-9-16-34(49)37(51)47-25-18-30(19-26-47)42-36-32-14-7-8-15-33(32)43-38(44-36)41-27-31-28-48(46-45-31)23-11-21-39-20-10-22-40-29-12-5-4-6-13-29/h7-8,14-15,28-30,34,39-40H,2-6,9-13,16-27H2,1H3,(H2,41,42,43,44)/t34-/m1/s1. The molecule has 3 aliphatic rings. The Morgan fingerprint density at radius 2 is 1.69 bits per heavy atom. The van der Waals surface area contributed by atoms with Crippen LogP contribution in [0.3, 0.4) is 0 Å². The first-order chi connectivity index (χ1) is 25.1. The lowest BCUT2D eigenvalue weighted by Crippen LogP contribution is -2.51. The normalized spacial score (nSPS) is 18.8. The molecule has 0 radical (unpaired) electrons. The highest BCUT2D eigenvalue weighted by atomic mass is 16.2. The van der Waals surface area contributed by atoms with E-state index in [4.69, 9.17) is 9.97 Å². The Labute approximate surface area is 303 Å². The van der Waals surface area contributed by atoms with Crippen LogP contribution in [0.25, 0.3) is 10.9 Å². The lowest BCUT2D eigenvalue weighted by atomic mass is 9.95. The van der Waals surface area contributed by atoms with Crippen molar-refractivity contribution in [2.45, 2.75) is 128 Å². The molecule has 1 atom stereocenters. The van der Waals surface area contributed by atoms with Crippen LogP contribution in [0.1, 0.15) is 103 Å². The molecule has 0 bridgehead atoms. The maximum absolute atomic E-state index is 13.5. The fraction of sp³-hybridized carbons (Fsp3) is 0.684. The van der Waals surface area contributed by atoms with E-state index in [1.54, 1.807) is 0 Å². The maximum Gasteiger partial charge on any atom is 0.245 e. The Balaban J connectivity index is 0.937. The molecular formula is C38H59N11O2. The van der Waals surface area contributed by atoms with Gasteiger partial charge in [-0.25, -0.2) is 4.98 Å². The van der Waals surface area contributed by atoms with Crippen molar-refractivity contribution in [2.75, 3.05) is 49.9 Å². The van der Waals surface area contributed by atoms with Gasteiger partial charge in [0.1, 0.15) is 17.6 Å². The molecule has 13 nitrogen and oxygen atoms in total. The second-order valence-electron chi connectivity index (χ2n) is 14.6. The monoisotopic (exact) mass is 701 g/mol. The van der Waals surface area contributed by atoms with E-state index in [1.807, 2.05) is 44.9 Å². The Hall–Kier alpha value is -3.84. The Kier molecular flexibility index (Phi) is 13.9. The van der Waals surface area contributed by atoms with Gasteiger partial charge in [0.2, 0.25) is 17.8 Å². The topological polar surface area (TPSA) is 145 Å². The predicted octanol–water partition coefficient (Wildman–Crippen LogP) is 4.71. The van der Waals surface area contributed by atoms with Crippen molar-refractivity contribution >= 4 is 34.5 Å². The van der Waals surface area contributed by atoms with E-state index in [0.29, 0.717) is 38.5 Å². The number of anilines is 2. The number of benzene rings is 1. The molecule has 0 unspecified atom stereocenters. The van der Waals surface area contributed by atoms with E-state index >= 15 is 0 Å². The minimum atomic E-state index is -0.301. The molecule has 4 N–H and O–H groups in total. The van der Waals surface area contributed by atoms with Gasteiger partial charge in [0.25, 0.3) is 0 Å². The van der Waals surface area contributed by atoms with E-state index in [0.717, 1.165) is 106 Å². The smallest absolute Gasteiger partial charge is 0.245 e. The Morgan fingerprint density at radius 3 is 2.53 bits per heavy atom. The van der Waals surface area contributed by atoms with Gasteiger partial charge in [-0.1, -0.05) is 50.0 Å². The molecule has 1 aliphatic carbocycles. The number of hydrogen-bond donors (Lipinski definition) is 4. The molecular weight excluding hydrogens is 642 g/mol. The number of rotatable bonds is 18. The van der Waals surface area contributed by atoms with Crippen LogP contribution in [0.4, 0.5) is 11.8 Å². The largest absolute Gasteiger partial charge is 0.367 e. The zero-order valence-electron chi connectivity index (χ0n) is 30.6. The lowest BCUT2D eigenvalue weighted by Gasteiger charge is -2.36. The van der Waals surface area contributed by atoms with Crippen LogP contribution >= 0.6 is 0 Å². The van der Waals surface area contributed by atoms with E-state index in [-0.39, 0.29) is 23.9 Å². The average molecular weight is 702 g/mol. The van der Waals surface area contributed by atoms with E-state index in [1.165, 1.54) is 32.1 Å². The first-order valence-electron chi connectivity index (χ1n) is 19.8. The zero-order chi connectivity index (χ0) is 35.3. The number of fused-ring (bicyclic) bond motifs is 1. The van der Waals surface area contributed by atoms with Crippen molar-refractivity contribution in [1.82, 2.24) is 45.4 Å². The van der Waals surface area contributed by atoms with Gasteiger partial charge in [-0.2, -0.15) is 4.98 Å². The van der Waals surface area contributed by atoms with Crippen molar-refractivity contribution in [3.8, 4) is 0 Å². The third-order valence-corrected chi connectivity index (χ3v) is 10.7. The highest BCUT2D eigenvalue weighted by molar-refractivity contribution is 5.90. The number of aromatic nitrogens is 5. The quantitative estimate of drug-likeness (QED) is 0.138. The van der Waals surface area contributed by atoms with Crippen LogP contribution in [0.5, 0.6) is 0 Å². The minimum absolute atomic E-state index is 0.108. The third kappa shape index (κ3) is 10.6. The zero-order valence-corrected chi connectivity index (χ0v) is 30.6. The summed E-state index contributed by atoms with van der Waals surface area (Å²) in [6.45, 7) is 8.52. The summed E-state index contributed by atoms with van der Waals surface area (Å²) in [6.07, 6.45) is 16.7. The molecule has 2 saturated heterocycles. The van der Waals surface area contributed by atoms with Crippen LogP contribution in [0.15, 0.2) is 30.5 Å². The number of aryl methyl sites for hydroxylation is 1. The van der Waals surface area contributed by atoms with E-state index < -0.39 is 0 Å². The first kappa shape index (κ1) is 36.9. The number of carbonyl (C=O) groups excluding carboxylic acids is 2. The molecule has 6 rings (SSSR count). The SMILES string of the molecule is CCCCC(=O)N1CCC[C@@H]1C(=O)N1CCC(Nc2nc(NCc3cn(CCCNCCCNC4CCCCC4)nn3)nc3ccccc23)CC1. The van der Waals surface area contributed by atoms with Crippen molar-refractivity contribution in [3.63, 3.8) is 0 Å². The number of likely N-dealkylation sites (tertiary alicyclic amines) is 2. The van der Waals surface area contributed by atoms with Crippen molar-refractivity contribution in [2.24, 2.45) is 0 Å². The Morgan fingerprint density at radius 1 is 0.863 bits per heavy atom. The van der Waals surface area contributed by atoms with Gasteiger partial charge in [-0.15, -0.1) is 5.10 Å².